The van der Waals surface area contributed by atoms with Crippen molar-refractivity contribution < 1.29 is 24.2 Å². The molecule has 1 aromatic rings. The highest BCUT2D eigenvalue weighted by atomic mass is 16.5. The first-order valence-corrected chi connectivity index (χ1v) is 8.36. The zero-order chi connectivity index (χ0) is 18.2. The largest absolute Gasteiger partial charge is 0.469 e. The number of hydrogen-bond donors (Lipinski definition) is 2. The van der Waals surface area contributed by atoms with Crippen LogP contribution < -0.4 is 5.32 Å². The minimum Gasteiger partial charge on any atom is -0.469 e. The fourth-order valence-electron chi connectivity index (χ4n) is 3.14. The second-order valence-corrected chi connectivity index (χ2v) is 6.14. The Morgan fingerprint density at radius 3 is 2.64 bits per heavy atom. The Balaban J connectivity index is 2.06. The summed E-state index contributed by atoms with van der Waals surface area (Å²) >= 11 is 0. The monoisotopic (exact) mass is 347 g/mol. The number of esters is 1. The summed E-state index contributed by atoms with van der Waals surface area (Å²) in [4.78, 5) is 24.7. The molecule has 2 rings (SSSR count). The highest BCUT2D eigenvalue weighted by Crippen LogP contribution is 2.33. The average molecular weight is 347 g/mol. The van der Waals surface area contributed by atoms with Gasteiger partial charge in [0.15, 0.2) is 0 Å². The van der Waals surface area contributed by atoms with Crippen molar-refractivity contribution in [3.63, 3.8) is 0 Å². The first kappa shape index (κ1) is 19.1. The molecule has 1 aliphatic rings. The van der Waals surface area contributed by atoms with Crippen LogP contribution in [0.15, 0.2) is 43.0 Å². The molecule has 6 nitrogen and oxygen atoms in total. The van der Waals surface area contributed by atoms with Crippen LogP contribution in [0.4, 0.5) is 0 Å². The summed E-state index contributed by atoms with van der Waals surface area (Å²) in [5, 5.41) is 13.1. The van der Waals surface area contributed by atoms with E-state index in [0.29, 0.717) is 6.54 Å². The molecule has 0 heterocycles. The molecule has 1 amide bonds. The van der Waals surface area contributed by atoms with Crippen molar-refractivity contribution in [3.8, 4) is 0 Å². The molecular weight excluding hydrogens is 322 g/mol. The smallest absolute Gasteiger partial charge is 0.309 e. The molecule has 0 aromatic heterocycles. The van der Waals surface area contributed by atoms with Gasteiger partial charge in [-0.05, 0) is 18.4 Å². The Labute approximate surface area is 147 Å². The lowest BCUT2D eigenvalue weighted by Crippen LogP contribution is -2.49. The zero-order valence-electron chi connectivity index (χ0n) is 14.4. The number of aliphatic hydroxyl groups is 1. The molecule has 4 atom stereocenters. The number of methoxy groups -OCH3 is 1. The summed E-state index contributed by atoms with van der Waals surface area (Å²) in [6, 6.07) is 9.53. The zero-order valence-corrected chi connectivity index (χ0v) is 14.4. The topological polar surface area (TPSA) is 84.9 Å². The van der Waals surface area contributed by atoms with Crippen molar-refractivity contribution in [2.45, 2.75) is 31.6 Å². The molecule has 136 valence electrons. The lowest BCUT2D eigenvalue weighted by molar-refractivity contribution is -0.160. The number of hydrogen-bond acceptors (Lipinski definition) is 5. The van der Waals surface area contributed by atoms with Gasteiger partial charge in [-0.25, -0.2) is 0 Å². The number of nitrogens with one attached hydrogen (secondary N) is 1. The number of aliphatic hydroxyl groups excluding tert-OH is 1. The third-order valence-corrected chi connectivity index (χ3v) is 4.47. The van der Waals surface area contributed by atoms with E-state index < -0.39 is 30.0 Å². The molecule has 0 aliphatic heterocycles. The van der Waals surface area contributed by atoms with E-state index in [-0.39, 0.29) is 25.4 Å². The molecule has 0 spiro atoms. The molecule has 0 bridgehead atoms. The van der Waals surface area contributed by atoms with E-state index in [4.69, 9.17) is 9.47 Å². The van der Waals surface area contributed by atoms with Crippen LogP contribution in [-0.2, 0) is 25.6 Å². The number of rotatable bonds is 7. The standard InChI is InChI=1S/C19H25NO5/c1-3-9-25-17-11-14(15(10-16(17)21)19(23)24-2)18(22)20-12-13-7-5-4-6-8-13/h3-8,14-17,21H,1,9-12H2,2H3,(H,20,22)/t14-,15-,16-,17+/m0/s1. The van der Waals surface area contributed by atoms with Gasteiger partial charge in [0.25, 0.3) is 0 Å². The number of amides is 1. The number of carbonyl (C=O) groups excluding carboxylic acids is 2. The maximum atomic E-state index is 12.7. The Morgan fingerprint density at radius 1 is 1.28 bits per heavy atom. The van der Waals surface area contributed by atoms with Gasteiger partial charge in [0.05, 0.1) is 37.8 Å². The molecule has 1 aliphatic carbocycles. The predicted octanol–water partition coefficient (Wildman–Crippen LogP) is 1.43. The second-order valence-electron chi connectivity index (χ2n) is 6.14. The number of carbonyl (C=O) groups is 2. The SMILES string of the molecule is C=CCO[C@@H]1C[C@H](C(=O)NCc2ccccc2)[C@@H](C(=O)OC)C[C@@H]1O. The van der Waals surface area contributed by atoms with Gasteiger partial charge in [-0.15, -0.1) is 6.58 Å². The third kappa shape index (κ3) is 5.14. The highest BCUT2D eigenvalue weighted by molar-refractivity contribution is 5.85. The predicted molar refractivity (Wildman–Crippen MR) is 92.5 cm³/mol. The quantitative estimate of drug-likeness (QED) is 0.576. The van der Waals surface area contributed by atoms with E-state index in [1.807, 2.05) is 30.3 Å². The van der Waals surface area contributed by atoms with Gasteiger partial charge in [-0.1, -0.05) is 36.4 Å². The van der Waals surface area contributed by atoms with Crippen LogP contribution in [0.2, 0.25) is 0 Å². The summed E-state index contributed by atoms with van der Waals surface area (Å²) in [5.41, 5.74) is 0.973. The van der Waals surface area contributed by atoms with E-state index in [1.54, 1.807) is 6.08 Å². The third-order valence-electron chi connectivity index (χ3n) is 4.47. The highest BCUT2D eigenvalue weighted by Gasteiger charge is 2.44. The van der Waals surface area contributed by atoms with Crippen molar-refractivity contribution in [1.29, 1.82) is 0 Å². The van der Waals surface area contributed by atoms with Gasteiger partial charge in [-0.3, -0.25) is 9.59 Å². The first-order chi connectivity index (χ1) is 12.1. The summed E-state index contributed by atoms with van der Waals surface area (Å²) in [7, 11) is 1.29. The molecule has 1 aromatic carbocycles. The molecular formula is C19H25NO5. The first-order valence-electron chi connectivity index (χ1n) is 8.36. The van der Waals surface area contributed by atoms with Crippen LogP contribution in [0.3, 0.4) is 0 Å². The lowest BCUT2D eigenvalue weighted by atomic mass is 9.75. The van der Waals surface area contributed by atoms with Gasteiger partial charge in [0, 0.05) is 6.54 Å². The number of benzene rings is 1. The maximum Gasteiger partial charge on any atom is 0.309 e. The fraction of sp³-hybridized carbons (Fsp3) is 0.474. The van der Waals surface area contributed by atoms with E-state index in [0.717, 1.165) is 5.56 Å². The maximum absolute atomic E-state index is 12.7. The van der Waals surface area contributed by atoms with Crippen LogP contribution in [0.5, 0.6) is 0 Å². The van der Waals surface area contributed by atoms with Crippen LogP contribution in [0.1, 0.15) is 18.4 Å². The fourth-order valence-corrected chi connectivity index (χ4v) is 3.14. The molecule has 2 N–H and O–H groups in total. The van der Waals surface area contributed by atoms with Crippen molar-refractivity contribution in [3.05, 3.63) is 48.6 Å². The summed E-state index contributed by atoms with van der Waals surface area (Å²) in [5.74, 6) is -2.01. The summed E-state index contributed by atoms with van der Waals surface area (Å²) in [6.45, 7) is 4.24. The van der Waals surface area contributed by atoms with E-state index in [2.05, 4.69) is 11.9 Å². The Morgan fingerprint density at radius 2 is 2.00 bits per heavy atom. The van der Waals surface area contributed by atoms with Crippen LogP contribution in [-0.4, -0.2) is 42.9 Å². The van der Waals surface area contributed by atoms with Crippen molar-refractivity contribution in [1.82, 2.24) is 5.32 Å². The van der Waals surface area contributed by atoms with Crippen LogP contribution >= 0.6 is 0 Å². The van der Waals surface area contributed by atoms with Gasteiger partial charge in [0.1, 0.15) is 0 Å². The summed E-state index contributed by atoms with van der Waals surface area (Å²) in [6.07, 6.45) is 0.658. The van der Waals surface area contributed by atoms with Crippen LogP contribution in [0, 0.1) is 11.8 Å². The molecule has 1 saturated carbocycles. The Hall–Kier alpha value is -2.18. The van der Waals surface area contributed by atoms with Gasteiger partial charge >= 0.3 is 5.97 Å². The molecule has 25 heavy (non-hydrogen) atoms. The molecule has 0 radical (unpaired) electrons. The summed E-state index contributed by atoms with van der Waals surface area (Å²) < 4.78 is 10.4. The Bertz CT molecular complexity index is 589. The van der Waals surface area contributed by atoms with E-state index >= 15 is 0 Å². The van der Waals surface area contributed by atoms with Crippen molar-refractivity contribution in [2.24, 2.45) is 11.8 Å². The Kier molecular flexibility index (Phi) is 7.16. The lowest BCUT2D eigenvalue weighted by Gasteiger charge is -2.36. The minimum atomic E-state index is -0.817. The molecule has 1 fully saturated rings. The second kappa shape index (κ2) is 9.34. The molecule has 6 heteroatoms. The van der Waals surface area contributed by atoms with Crippen LogP contribution in [0.25, 0.3) is 0 Å². The number of ether oxygens (including phenoxy) is 2. The van der Waals surface area contributed by atoms with Gasteiger partial charge < -0.3 is 19.9 Å². The molecule has 0 saturated heterocycles. The van der Waals surface area contributed by atoms with Crippen molar-refractivity contribution >= 4 is 11.9 Å². The van der Waals surface area contributed by atoms with Gasteiger partial charge in [0.2, 0.25) is 5.91 Å². The van der Waals surface area contributed by atoms with E-state index in [9.17, 15) is 14.7 Å². The normalized spacial score (nSPS) is 25.8. The minimum absolute atomic E-state index is 0.137. The van der Waals surface area contributed by atoms with Crippen molar-refractivity contribution in [2.75, 3.05) is 13.7 Å². The average Bonchev–Trinajstić information content (AvgIpc) is 2.65. The van der Waals surface area contributed by atoms with E-state index in [1.165, 1.54) is 7.11 Å². The van der Waals surface area contributed by atoms with Gasteiger partial charge in [-0.2, -0.15) is 0 Å². The molecule has 0 unspecified atom stereocenters.